The average Bonchev–Trinajstić information content (AvgIpc) is 3.02. The first-order chi connectivity index (χ1) is 13.1. The van der Waals surface area contributed by atoms with Gasteiger partial charge in [0.1, 0.15) is 10.6 Å². The van der Waals surface area contributed by atoms with Crippen molar-refractivity contribution in [2.75, 3.05) is 7.11 Å². The van der Waals surface area contributed by atoms with E-state index in [4.69, 9.17) is 4.74 Å². The van der Waals surface area contributed by atoms with Crippen molar-refractivity contribution in [3.8, 4) is 5.75 Å². The molecule has 3 aromatic rings. The summed E-state index contributed by atoms with van der Waals surface area (Å²) >= 11 is 1.68. The molecule has 0 saturated heterocycles. The van der Waals surface area contributed by atoms with Crippen LogP contribution in [0.5, 0.6) is 5.75 Å². The third-order valence-corrected chi connectivity index (χ3v) is 6.30. The number of aryl methyl sites for hydroxylation is 1. The Hall–Kier alpha value is -2.18. The molecule has 0 spiro atoms. The Balaban J connectivity index is 1.70. The molecule has 142 valence electrons. The van der Waals surface area contributed by atoms with Crippen molar-refractivity contribution in [3.63, 3.8) is 0 Å². The van der Waals surface area contributed by atoms with Crippen LogP contribution in [0.3, 0.4) is 0 Å². The molecule has 1 aliphatic carbocycles. The van der Waals surface area contributed by atoms with Crippen LogP contribution in [0, 0.1) is 0 Å². The Bertz CT molecular complexity index is 1020. The van der Waals surface area contributed by atoms with Crippen molar-refractivity contribution in [2.24, 2.45) is 0 Å². The molecule has 1 unspecified atom stereocenters. The molecule has 27 heavy (non-hydrogen) atoms. The number of rotatable bonds is 5. The largest absolute Gasteiger partial charge is 0.496 e. The number of nitrogens with zero attached hydrogens (tertiary/aromatic N) is 2. The van der Waals surface area contributed by atoms with Crippen LogP contribution < -0.4 is 15.6 Å². The highest BCUT2D eigenvalue weighted by Crippen LogP contribution is 2.33. The number of para-hydroxylation sites is 1. The van der Waals surface area contributed by atoms with E-state index in [1.54, 1.807) is 29.3 Å². The standard InChI is InChI=1S/C21H25N3O2S/c1-13(2)23-15-8-9-16-18(10-15)27-20-19(16)21(25)24(12-22-20)11-14-6-4-5-7-17(14)26-3/h4-7,12-13,15,23H,8-11H2,1-3H3. The Kier molecular flexibility index (Phi) is 5.02. The maximum Gasteiger partial charge on any atom is 0.262 e. The van der Waals surface area contributed by atoms with Gasteiger partial charge in [0.25, 0.3) is 5.56 Å². The number of thiophene rings is 1. The molecule has 2 aromatic heterocycles. The molecule has 1 N–H and O–H groups in total. The lowest BCUT2D eigenvalue weighted by Gasteiger charge is -2.25. The van der Waals surface area contributed by atoms with Gasteiger partial charge in [0.2, 0.25) is 0 Å². The van der Waals surface area contributed by atoms with Gasteiger partial charge < -0.3 is 10.1 Å². The van der Waals surface area contributed by atoms with Crippen LogP contribution in [-0.2, 0) is 19.4 Å². The SMILES string of the molecule is COc1ccccc1Cn1cnc2sc3c(c2c1=O)CCC(NC(C)C)C3. The Morgan fingerprint density at radius 2 is 2.19 bits per heavy atom. The first-order valence-electron chi connectivity index (χ1n) is 9.44. The number of hydrogen-bond acceptors (Lipinski definition) is 5. The van der Waals surface area contributed by atoms with E-state index in [-0.39, 0.29) is 5.56 Å². The summed E-state index contributed by atoms with van der Waals surface area (Å²) in [7, 11) is 1.65. The van der Waals surface area contributed by atoms with Crippen LogP contribution in [0.15, 0.2) is 35.4 Å². The van der Waals surface area contributed by atoms with Gasteiger partial charge in [0, 0.05) is 22.5 Å². The molecule has 0 fully saturated rings. The molecular weight excluding hydrogens is 358 g/mol. The molecule has 6 heteroatoms. The van der Waals surface area contributed by atoms with Crippen molar-refractivity contribution in [1.29, 1.82) is 0 Å². The quantitative estimate of drug-likeness (QED) is 0.734. The van der Waals surface area contributed by atoms with E-state index in [1.807, 2.05) is 24.3 Å². The number of aromatic nitrogens is 2. The summed E-state index contributed by atoms with van der Waals surface area (Å²) in [5, 5.41) is 4.44. The van der Waals surface area contributed by atoms with Crippen molar-refractivity contribution < 1.29 is 4.74 Å². The summed E-state index contributed by atoms with van der Waals surface area (Å²) in [6.07, 6.45) is 4.66. The van der Waals surface area contributed by atoms with E-state index in [1.165, 1.54) is 10.4 Å². The number of benzene rings is 1. The zero-order valence-corrected chi connectivity index (χ0v) is 16.8. The highest BCUT2D eigenvalue weighted by Gasteiger charge is 2.25. The highest BCUT2D eigenvalue weighted by molar-refractivity contribution is 7.18. The van der Waals surface area contributed by atoms with Gasteiger partial charge in [-0.2, -0.15) is 0 Å². The van der Waals surface area contributed by atoms with E-state index in [2.05, 4.69) is 24.1 Å². The normalized spacial score (nSPS) is 16.7. The van der Waals surface area contributed by atoms with Gasteiger partial charge in [0.05, 0.1) is 25.4 Å². The van der Waals surface area contributed by atoms with E-state index in [0.717, 1.165) is 40.8 Å². The molecule has 0 radical (unpaired) electrons. The summed E-state index contributed by atoms with van der Waals surface area (Å²) in [6, 6.07) is 8.76. The molecule has 0 aliphatic heterocycles. The maximum absolute atomic E-state index is 13.2. The van der Waals surface area contributed by atoms with Crippen LogP contribution in [0.2, 0.25) is 0 Å². The summed E-state index contributed by atoms with van der Waals surface area (Å²) in [4.78, 5) is 20.0. The number of fused-ring (bicyclic) bond motifs is 3. The lowest BCUT2D eigenvalue weighted by molar-refractivity contribution is 0.408. The lowest BCUT2D eigenvalue weighted by atomic mass is 9.92. The van der Waals surface area contributed by atoms with Gasteiger partial charge in [-0.25, -0.2) is 4.98 Å². The zero-order chi connectivity index (χ0) is 19.0. The van der Waals surface area contributed by atoms with Crippen LogP contribution in [0.25, 0.3) is 10.2 Å². The van der Waals surface area contributed by atoms with E-state index in [9.17, 15) is 4.79 Å². The Labute approximate surface area is 163 Å². The molecule has 0 amide bonds. The van der Waals surface area contributed by atoms with Gasteiger partial charge in [0.15, 0.2) is 0 Å². The molecular formula is C21H25N3O2S. The smallest absolute Gasteiger partial charge is 0.262 e. The monoisotopic (exact) mass is 383 g/mol. The minimum absolute atomic E-state index is 0.0543. The number of nitrogens with one attached hydrogen (secondary N) is 1. The zero-order valence-electron chi connectivity index (χ0n) is 16.0. The fourth-order valence-electron chi connectivity index (χ4n) is 3.94. The fourth-order valence-corrected chi connectivity index (χ4v) is 5.20. The molecule has 0 saturated carbocycles. The highest BCUT2D eigenvalue weighted by atomic mass is 32.1. The number of hydrogen-bond donors (Lipinski definition) is 1. The van der Waals surface area contributed by atoms with Gasteiger partial charge in [-0.1, -0.05) is 32.0 Å². The van der Waals surface area contributed by atoms with Crippen molar-refractivity contribution in [2.45, 2.75) is 51.7 Å². The average molecular weight is 384 g/mol. The predicted octanol–water partition coefficient (Wildman–Crippen LogP) is 3.37. The third-order valence-electron chi connectivity index (χ3n) is 5.14. The third kappa shape index (κ3) is 3.51. The van der Waals surface area contributed by atoms with E-state index < -0.39 is 0 Å². The van der Waals surface area contributed by atoms with Gasteiger partial charge >= 0.3 is 0 Å². The van der Waals surface area contributed by atoms with Crippen molar-refractivity contribution in [1.82, 2.24) is 14.9 Å². The minimum atomic E-state index is 0.0543. The van der Waals surface area contributed by atoms with Crippen LogP contribution in [0.4, 0.5) is 0 Å². The number of methoxy groups -OCH3 is 1. The Morgan fingerprint density at radius 1 is 1.37 bits per heavy atom. The lowest BCUT2D eigenvalue weighted by Crippen LogP contribution is -2.38. The van der Waals surface area contributed by atoms with Crippen LogP contribution in [-0.4, -0.2) is 28.7 Å². The molecule has 1 aromatic carbocycles. The topological polar surface area (TPSA) is 56.2 Å². The van der Waals surface area contributed by atoms with E-state index in [0.29, 0.717) is 18.6 Å². The summed E-state index contributed by atoms with van der Waals surface area (Å²) in [5.74, 6) is 0.791. The first-order valence-corrected chi connectivity index (χ1v) is 10.3. The van der Waals surface area contributed by atoms with Gasteiger partial charge in [-0.3, -0.25) is 9.36 Å². The molecule has 2 heterocycles. The van der Waals surface area contributed by atoms with Gasteiger partial charge in [-0.05, 0) is 30.9 Å². The molecule has 0 bridgehead atoms. The number of ether oxygens (including phenoxy) is 1. The molecule has 4 rings (SSSR count). The first kappa shape index (κ1) is 18.2. The van der Waals surface area contributed by atoms with Crippen molar-refractivity contribution >= 4 is 21.6 Å². The fraction of sp³-hybridized carbons (Fsp3) is 0.429. The van der Waals surface area contributed by atoms with Crippen molar-refractivity contribution in [3.05, 3.63) is 57.0 Å². The Morgan fingerprint density at radius 3 is 2.96 bits per heavy atom. The molecule has 5 nitrogen and oxygen atoms in total. The van der Waals surface area contributed by atoms with E-state index >= 15 is 0 Å². The predicted molar refractivity (Wildman–Crippen MR) is 110 cm³/mol. The van der Waals surface area contributed by atoms with Gasteiger partial charge in [-0.15, -0.1) is 11.3 Å². The van der Waals surface area contributed by atoms with Crippen LogP contribution >= 0.6 is 11.3 Å². The second-order valence-electron chi connectivity index (χ2n) is 7.43. The second-order valence-corrected chi connectivity index (χ2v) is 8.52. The summed E-state index contributed by atoms with van der Waals surface area (Å²) in [5.41, 5.74) is 2.25. The molecule has 1 atom stereocenters. The summed E-state index contributed by atoms with van der Waals surface area (Å²) in [6.45, 7) is 4.82. The maximum atomic E-state index is 13.2. The van der Waals surface area contributed by atoms with Crippen LogP contribution in [0.1, 0.15) is 36.3 Å². The minimum Gasteiger partial charge on any atom is -0.496 e. The second kappa shape index (κ2) is 7.44. The molecule has 1 aliphatic rings. The summed E-state index contributed by atoms with van der Waals surface area (Å²) < 4.78 is 7.12.